The molecule has 3 heterocycles. The Morgan fingerprint density at radius 2 is 2.10 bits per heavy atom. The van der Waals surface area contributed by atoms with Crippen LogP contribution >= 0.6 is 34.4 Å². The van der Waals surface area contributed by atoms with Crippen molar-refractivity contribution in [1.29, 1.82) is 0 Å². The summed E-state index contributed by atoms with van der Waals surface area (Å²) in [6, 6.07) is 11.1. The normalized spacial score (nSPS) is 10.9. The third kappa shape index (κ3) is 4.58. The molecule has 9 heteroatoms. The summed E-state index contributed by atoms with van der Waals surface area (Å²) in [7, 11) is 1.59. The van der Waals surface area contributed by atoms with E-state index in [2.05, 4.69) is 11.9 Å². The lowest BCUT2D eigenvalue weighted by Crippen LogP contribution is -2.23. The van der Waals surface area contributed by atoms with Crippen LogP contribution in [0.2, 0.25) is 0 Å². The summed E-state index contributed by atoms with van der Waals surface area (Å²) in [6.45, 7) is 4.09. The maximum Gasteiger partial charge on any atom is 0.263 e. The molecule has 4 rings (SSSR count). The van der Waals surface area contributed by atoms with E-state index in [0.29, 0.717) is 27.6 Å². The predicted molar refractivity (Wildman–Crippen MR) is 130 cm³/mol. The van der Waals surface area contributed by atoms with Crippen LogP contribution in [-0.4, -0.2) is 28.3 Å². The molecule has 0 radical (unpaired) electrons. The van der Waals surface area contributed by atoms with Gasteiger partial charge in [0.2, 0.25) is 5.91 Å². The van der Waals surface area contributed by atoms with Gasteiger partial charge in [-0.1, -0.05) is 23.9 Å². The summed E-state index contributed by atoms with van der Waals surface area (Å²) in [5.41, 5.74) is 1.46. The minimum Gasteiger partial charge on any atom is -0.497 e. The topological polar surface area (TPSA) is 73.2 Å². The highest BCUT2D eigenvalue weighted by molar-refractivity contribution is 7.99. The third-order valence-electron chi connectivity index (χ3n) is 4.46. The lowest BCUT2D eigenvalue weighted by Gasteiger charge is -2.11. The maximum atomic E-state index is 13.3. The Morgan fingerprint density at radius 1 is 1.29 bits per heavy atom. The van der Waals surface area contributed by atoms with E-state index in [4.69, 9.17) is 9.72 Å². The van der Waals surface area contributed by atoms with Crippen molar-refractivity contribution >= 4 is 56.2 Å². The second-order valence-corrected chi connectivity index (χ2v) is 9.22. The van der Waals surface area contributed by atoms with E-state index in [9.17, 15) is 9.59 Å². The number of aromatic nitrogens is 2. The quantitative estimate of drug-likeness (QED) is 0.220. The number of nitrogens with one attached hydrogen (secondary N) is 1. The fraction of sp³-hybridized carbons (Fsp3) is 0.136. The molecule has 1 amide bonds. The van der Waals surface area contributed by atoms with Crippen LogP contribution in [0.5, 0.6) is 5.75 Å². The van der Waals surface area contributed by atoms with Crippen molar-refractivity contribution in [2.75, 3.05) is 18.2 Å². The number of carbonyl (C=O) groups is 1. The van der Waals surface area contributed by atoms with Crippen LogP contribution in [0.25, 0.3) is 20.7 Å². The Bertz CT molecular complexity index is 1280. The standard InChI is InChI=1S/C22H19N3O3S3/c1-3-10-25-21(27)19-16(17-5-4-11-29-17)12-30-20(19)24-22(25)31-13-18(26)23-14-6-8-15(28-2)9-7-14/h3-9,11-12H,1,10,13H2,2H3,(H,23,26). The van der Waals surface area contributed by atoms with E-state index in [0.717, 1.165) is 16.2 Å². The van der Waals surface area contributed by atoms with Gasteiger partial charge in [-0.3, -0.25) is 14.2 Å². The molecule has 1 aromatic carbocycles. The fourth-order valence-electron chi connectivity index (χ4n) is 3.02. The third-order valence-corrected chi connectivity index (χ3v) is 7.21. The molecule has 4 aromatic rings. The Balaban J connectivity index is 1.58. The second-order valence-electron chi connectivity index (χ2n) is 6.47. The first kappa shape index (κ1) is 21.4. The summed E-state index contributed by atoms with van der Waals surface area (Å²) >= 11 is 4.26. The Morgan fingerprint density at radius 3 is 2.77 bits per heavy atom. The highest BCUT2D eigenvalue weighted by Gasteiger charge is 2.18. The number of methoxy groups -OCH3 is 1. The van der Waals surface area contributed by atoms with Gasteiger partial charge in [0.15, 0.2) is 5.16 Å². The number of carbonyl (C=O) groups excluding carboxylic acids is 1. The Kier molecular flexibility index (Phi) is 6.55. The minimum atomic E-state index is -0.180. The first-order valence-electron chi connectivity index (χ1n) is 9.34. The number of ether oxygens (including phenoxy) is 1. The predicted octanol–water partition coefficient (Wildman–Crippen LogP) is 5.11. The number of amides is 1. The van der Waals surface area contributed by atoms with Crippen LogP contribution in [0, 0.1) is 0 Å². The summed E-state index contributed by atoms with van der Waals surface area (Å²) in [4.78, 5) is 32.1. The monoisotopic (exact) mass is 469 g/mol. The molecule has 0 saturated heterocycles. The molecule has 0 spiro atoms. The van der Waals surface area contributed by atoms with Gasteiger partial charge in [-0.15, -0.1) is 29.3 Å². The molecule has 0 atom stereocenters. The van der Waals surface area contributed by atoms with Gasteiger partial charge in [0.1, 0.15) is 10.6 Å². The number of thioether (sulfide) groups is 1. The minimum absolute atomic E-state index is 0.118. The van der Waals surface area contributed by atoms with Crippen LogP contribution in [0.4, 0.5) is 5.69 Å². The number of thiophene rings is 2. The van der Waals surface area contributed by atoms with E-state index in [1.807, 2.05) is 22.9 Å². The first-order chi connectivity index (χ1) is 15.1. The number of hydrogen-bond acceptors (Lipinski definition) is 7. The van der Waals surface area contributed by atoms with E-state index >= 15 is 0 Å². The number of allylic oxidation sites excluding steroid dienone is 1. The lowest BCUT2D eigenvalue weighted by atomic mass is 10.2. The summed E-state index contributed by atoms with van der Waals surface area (Å²) in [5, 5.41) is 7.91. The van der Waals surface area contributed by atoms with Crippen molar-refractivity contribution in [3.8, 4) is 16.2 Å². The average molecular weight is 470 g/mol. The number of benzene rings is 1. The molecule has 1 N–H and O–H groups in total. The molecule has 6 nitrogen and oxygen atoms in total. The van der Waals surface area contributed by atoms with Crippen LogP contribution in [0.1, 0.15) is 0 Å². The van der Waals surface area contributed by atoms with Gasteiger partial charge >= 0.3 is 0 Å². The van der Waals surface area contributed by atoms with Gasteiger partial charge < -0.3 is 10.1 Å². The Labute approximate surface area is 191 Å². The van der Waals surface area contributed by atoms with Gasteiger partial charge in [-0.05, 0) is 35.7 Å². The van der Waals surface area contributed by atoms with Gasteiger partial charge in [-0.25, -0.2) is 4.98 Å². The van der Waals surface area contributed by atoms with Crippen molar-refractivity contribution in [3.05, 3.63) is 70.2 Å². The smallest absolute Gasteiger partial charge is 0.263 e. The van der Waals surface area contributed by atoms with Gasteiger partial charge in [0.25, 0.3) is 5.56 Å². The second kappa shape index (κ2) is 9.51. The SMILES string of the molecule is C=CCn1c(SCC(=O)Nc2ccc(OC)cc2)nc2scc(-c3cccs3)c2c1=O. The molecule has 158 valence electrons. The molecular formula is C22H19N3O3S3. The highest BCUT2D eigenvalue weighted by atomic mass is 32.2. The fourth-order valence-corrected chi connectivity index (χ4v) is 5.63. The van der Waals surface area contributed by atoms with Gasteiger partial charge in [0, 0.05) is 28.1 Å². The van der Waals surface area contributed by atoms with E-state index in [-0.39, 0.29) is 17.2 Å². The number of hydrogen-bond donors (Lipinski definition) is 1. The van der Waals surface area contributed by atoms with Crippen molar-refractivity contribution in [3.63, 3.8) is 0 Å². The van der Waals surface area contributed by atoms with Gasteiger partial charge in [0.05, 0.1) is 18.2 Å². The summed E-state index contributed by atoms with van der Waals surface area (Å²) in [5.74, 6) is 0.667. The molecule has 0 saturated carbocycles. The molecule has 0 unspecified atom stereocenters. The summed E-state index contributed by atoms with van der Waals surface area (Å²) < 4.78 is 6.70. The molecule has 0 aliphatic rings. The molecular weight excluding hydrogens is 450 g/mol. The molecule has 0 aliphatic carbocycles. The van der Waals surface area contributed by atoms with Crippen LogP contribution in [0.15, 0.2) is 69.8 Å². The molecule has 3 aromatic heterocycles. The van der Waals surface area contributed by atoms with Crippen molar-refractivity contribution in [1.82, 2.24) is 9.55 Å². The zero-order valence-electron chi connectivity index (χ0n) is 16.7. The zero-order chi connectivity index (χ0) is 21.8. The number of nitrogens with zero attached hydrogens (tertiary/aromatic N) is 2. The number of anilines is 1. The Hall–Kier alpha value is -2.88. The van der Waals surface area contributed by atoms with Crippen molar-refractivity contribution in [2.45, 2.75) is 11.7 Å². The lowest BCUT2D eigenvalue weighted by molar-refractivity contribution is -0.113. The van der Waals surface area contributed by atoms with E-state index in [1.54, 1.807) is 53.4 Å². The molecule has 0 aliphatic heterocycles. The van der Waals surface area contributed by atoms with E-state index < -0.39 is 0 Å². The first-order valence-corrected chi connectivity index (χ1v) is 12.1. The van der Waals surface area contributed by atoms with Crippen LogP contribution in [-0.2, 0) is 11.3 Å². The highest BCUT2D eigenvalue weighted by Crippen LogP contribution is 2.34. The zero-order valence-corrected chi connectivity index (χ0v) is 19.1. The number of rotatable bonds is 8. The molecule has 0 bridgehead atoms. The summed E-state index contributed by atoms with van der Waals surface area (Å²) in [6.07, 6.45) is 1.66. The van der Waals surface area contributed by atoms with Crippen LogP contribution in [0.3, 0.4) is 0 Å². The average Bonchev–Trinajstić information content (AvgIpc) is 3.45. The maximum absolute atomic E-state index is 13.3. The van der Waals surface area contributed by atoms with E-state index in [1.165, 1.54) is 23.1 Å². The molecule has 31 heavy (non-hydrogen) atoms. The van der Waals surface area contributed by atoms with Crippen molar-refractivity contribution < 1.29 is 9.53 Å². The largest absolute Gasteiger partial charge is 0.497 e. The number of fused-ring (bicyclic) bond motifs is 1. The van der Waals surface area contributed by atoms with Crippen molar-refractivity contribution in [2.24, 2.45) is 0 Å². The van der Waals surface area contributed by atoms with Crippen LogP contribution < -0.4 is 15.6 Å². The van der Waals surface area contributed by atoms with Gasteiger partial charge in [-0.2, -0.15) is 0 Å². The molecule has 0 fully saturated rings.